The molecule has 0 fully saturated rings. The molecule has 11 nitrogen and oxygen atoms in total. The van der Waals surface area contributed by atoms with E-state index in [9.17, 15) is 24.3 Å². The minimum Gasteiger partial charge on any atom is -0.477 e. The number of carbonyl (C=O) groups excluding carboxylic acids is 1. The zero-order chi connectivity index (χ0) is 22.1. The van der Waals surface area contributed by atoms with E-state index in [0.717, 1.165) is 21.7 Å². The van der Waals surface area contributed by atoms with Crippen molar-refractivity contribution in [3.05, 3.63) is 85.6 Å². The first-order valence-electron chi connectivity index (χ1n) is 9.12. The molecule has 5 N–H and O–H groups in total. The summed E-state index contributed by atoms with van der Waals surface area (Å²) in [5.41, 5.74) is 5.82. The van der Waals surface area contributed by atoms with E-state index in [1.807, 2.05) is 12.1 Å². The maximum Gasteiger partial charge on any atom is 0.354 e. The van der Waals surface area contributed by atoms with E-state index < -0.39 is 22.7 Å². The van der Waals surface area contributed by atoms with Gasteiger partial charge in [-0.05, 0) is 11.1 Å². The molecule has 0 aliphatic carbocycles. The molecule has 2 aromatic heterocycles. The van der Waals surface area contributed by atoms with Crippen LogP contribution in [0.1, 0.15) is 32.1 Å². The zero-order valence-electron chi connectivity index (χ0n) is 16.0. The van der Waals surface area contributed by atoms with Crippen molar-refractivity contribution in [1.29, 1.82) is 0 Å². The number of amides is 1. The van der Waals surface area contributed by atoms with E-state index in [1.54, 1.807) is 12.1 Å². The average molecular weight is 420 g/mol. The molecule has 4 rings (SSSR count). The van der Waals surface area contributed by atoms with Crippen molar-refractivity contribution in [3.63, 3.8) is 0 Å². The second kappa shape index (κ2) is 7.71. The fourth-order valence-electron chi connectivity index (χ4n) is 3.08. The van der Waals surface area contributed by atoms with Crippen molar-refractivity contribution in [1.82, 2.24) is 19.9 Å². The number of aromatic nitrogens is 3. The van der Waals surface area contributed by atoms with Gasteiger partial charge in [-0.15, -0.1) is 0 Å². The number of hydrogen-bond acceptors (Lipinski definition) is 8. The smallest absolute Gasteiger partial charge is 0.354 e. The van der Waals surface area contributed by atoms with Gasteiger partial charge in [0.2, 0.25) is 0 Å². The van der Waals surface area contributed by atoms with Crippen molar-refractivity contribution < 1.29 is 14.7 Å². The summed E-state index contributed by atoms with van der Waals surface area (Å²) >= 11 is 0. The normalized spacial score (nSPS) is 11.0. The van der Waals surface area contributed by atoms with Crippen LogP contribution in [0.15, 0.2) is 52.2 Å². The molecule has 0 aliphatic heterocycles. The van der Waals surface area contributed by atoms with Crippen LogP contribution in [-0.2, 0) is 13.1 Å². The molecule has 0 bridgehead atoms. The minimum atomic E-state index is -1.23. The summed E-state index contributed by atoms with van der Waals surface area (Å²) in [5, 5.41) is 18.7. The predicted molar refractivity (Wildman–Crippen MR) is 111 cm³/mol. The van der Waals surface area contributed by atoms with Crippen LogP contribution in [0.3, 0.4) is 0 Å². The zero-order valence-corrected chi connectivity index (χ0v) is 16.0. The number of nitrogens with one attached hydrogen (secondary N) is 2. The average Bonchev–Trinajstić information content (AvgIpc) is 3.25. The van der Waals surface area contributed by atoms with E-state index in [4.69, 9.17) is 5.73 Å². The van der Waals surface area contributed by atoms with E-state index in [0.29, 0.717) is 0 Å². The van der Waals surface area contributed by atoms with Gasteiger partial charge >= 0.3 is 5.97 Å². The Hall–Kier alpha value is -4.54. The number of carboxylic acid groups (broad SMARTS) is 1. The molecule has 4 aromatic rings. The number of hydrogen-bond donors (Lipinski definition) is 4. The number of nitrogen functional groups attached to an aromatic ring is 1. The predicted octanol–water partition coefficient (Wildman–Crippen LogP) is 0.148. The van der Waals surface area contributed by atoms with Crippen LogP contribution in [0.2, 0.25) is 0 Å². The molecule has 31 heavy (non-hydrogen) atoms. The van der Waals surface area contributed by atoms with Crippen LogP contribution < -0.4 is 27.2 Å². The standard InChI is InChI=1S/C20H16N6O5/c21-15-16(18(28)17(15)27)22-8-10-2-1-3-11(6-10)9-23-19(29)12-7-13(20(30)31)26-14(25-12)4-5-24-26/h1-7,22H,8-9,21H2,(H,23,29)(H,30,31). The van der Waals surface area contributed by atoms with Gasteiger partial charge in [-0.2, -0.15) is 5.10 Å². The van der Waals surface area contributed by atoms with E-state index in [-0.39, 0.29) is 41.5 Å². The van der Waals surface area contributed by atoms with Gasteiger partial charge in [-0.25, -0.2) is 14.3 Å². The number of carboxylic acids is 1. The third kappa shape index (κ3) is 3.71. The summed E-state index contributed by atoms with van der Waals surface area (Å²) in [4.78, 5) is 50.7. The lowest BCUT2D eigenvalue weighted by molar-refractivity contribution is 0.0687. The number of carbonyl (C=O) groups is 2. The maximum absolute atomic E-state index is 12.5. The Morgan fingerprint density at radius 2 is 1.81 bits per heavy atom. The molecule has 0 saturated heterocycles. The van der Waals surface area contributed by atoms with Crippen LogP contribution in [-0.4, -0.2) is 31.6 Å². The molecule has 0 atom stereocenters. The van der Waals surface area contributed by atoms with Crippen molar-refractivity contribution in [2.45, 2.75) is 13.1 Å². The van der Waals surface area contributed by atoms with Crippen LogP contribution in [0, 0.1) is 0 Å². The van der Waals surface area contributed by atoms with Crippen molar-refractivity contribution in [2.75, 3.05) is 11.1 Å². The van der Waals surface area contributed by atoms with Gasteiger partial charge in [-0.1, -0.05) is 24.3 Å². The summed E-state index contributed by atoms with van der Waals surface area (Å²) in [6.45, 7) is 0.446. The fourth-order valence-corrected chi connectivity index (χ4v) is 3.08. The number of benzene rings is 1. The van der Waals surface area contributed by atoms with Crippen LogP contribution in [0.4, 0.5) is 11.4 Å². The molecule has 0 unspecified atom stereocenters. The van der Waals surface area contributed by atoms with E-state index >= 15 is 0 Å². The number of nitrogens with zero attached hydrogens (tertiary/aromatic N) is 3. The summed E-state index contributed by atoms with van der Waals surface area (Å²) < 4.78 is 1.14. The van der Waals surface area contributed by atoms with Crippen molar-refractivity contribution >= 4 is 28.9 Å². The van der Waals surface area contributed by atoms with Gasteiger partial charge in [0, 0.05) is 25.2 Å². The third-order valence-corrected chi connectivity index (χ3v) is 4.67. The van der Waals surface area contributed by atoms with Crippen LogP contribution in [0.5, 0.6) is 0 Å². The summed E-state index contributed by atoms with van der Waals surface area (Å²) in [6.07, 6.45) is 1.40. The fraction of sp³-hybridized carbons (Fsp3) is 0.100. The molecule has 2 heterocycles. The number of fused-ring (bicyclic) bond motifs is 1. The Kier molecular flexibility index (Phi) is 4.91. The molecule has 156 valence electrons. The molecule has 0 radical (unpaired) electrons. The second-order valence-electron chi connectivity index (χ2n) is 6.74. The van der Waals surface area contributed by atoms with Gasteiger partial charge in [0.25, 0.3) is 16.8 Å². The summed E-state index contributed by atoms with van der Waals surface area (Å²) in [5.74, 6) is -1.76. The third-order valence-electron chi connectivity index (χ3n) is 4.67. The van der Waals surface area contributed by atoms with Crippen LogP contribution in [0.25, 0.3) is 5.65 Å². The van der Waals surface area contributed by atoms with Crippen LogP contribution >= 0.6 is 0 Å². The van der Waals surface area contributed by atoms with Gasteiger partial charge in [-0.3, -0.25) is 14.4 Å². The molecule has 1 amide bonds. The van der Waals surface area contributed by atoms with E-state index in [1.165, 1.54) is 12.3 Å². The second-order valence-corrected chi connectivity index (χ2v) is 6.74. The molecule has 11 heteroatoms. The molecular weight excluding hydrogens is 404 g/mol. The lowest BCUT2D eigenvalue weighted by atomic mass is 10.1. The highest BCUT2D eigenvalue weighted by Crippen LogP contribution is 2.13. The first-order chi connectivity index (χ1) is 14.8. The first kappa shape index (κ1) is 19.8. The highest BCUT2D eigenvalue weighted by Gasteiger charge is 2.18. The maximum atomic E-state index is 12.5. The monoisotopic (exact) mass is 420 g/mol. The number of aromatic carboxylic acids is 1. The summed E-state index contributed by atoms with van der Waals surface area (Å²) in [7, 11) is 0. The SMILES string of the molecule is Nc1c(NCc2cccc(CNC(=O)c3cc(C(=O)O)n4nccc4n3)c2)c(=O)c1=O. The van der Waals surface area contributed by atoms with Gasteiger partial charge in [0.15, 0.2) is 11.3 Å². The Labute approximate surface area is 173 Å². The number of rotatable bonds is 7. The van der Waals surface area contributed by atoms with Gasteiger partial charge < -0.3 is 21.5 Å². The molecule has 2 aromatic carbocycles. The van der Waals surface area contributed by atoms with Crippen molar-refractivity contribution in [3.8, 4) is 0 Å². The lowest BCUT2D eigenvalue weighted by Crippen LogP contribution is -2.36. The topological polar surface area (TPSA) is 169 Å². The Morgan fingerprint density at radius 1 is 1.06 bits per heavy atom. The minimum absolute atomic E-state index is 0.0428. The molecular formula is C20H16N6O5. The highest BCUT2D eigenvalue weighted by molar-refractivity contribution is 5.95. The Balaban J connectivity index is 1.44. The lowest BCUT2D eigenvalue weighted by Gasteiger charge is -2.11. The Morgan fingerprint density at radius 3 is 2.52 bits per heavy atom. The summed E-state index contributed by atoms with van der Waals surface area (Å²) in [6, 6.07) is 9.86. The molecule has 0 aliphatic rings. The van der Waals surface area contributed by atoms with Crippen molar-refractivity contribution in [2.24, 2.45) is 0 Å². The molecule has 0 spiro atoms. The largest absolute Gasteiger partial charge is 0.477 e. The van der Waals surface area contributed by atoms with Gasteiger partial charge in [0.05, 0.1) is 6.20 Å². The van der Waals surface area contributed by atoms with Gasteiger partial charge in [0.1, 0.15) is 17.1 Å². The number of nitrogens with two attached hydrogens (primary N) is 1. The van der Waals surface area contributed by atoms with E-state index in [2.05, 4.69) is 20.7 Å². The molecule has 0 saturated carbocycles. The highest BCUT2D eigenvalue weighted by atomic mass is 16.4. The quantitative estimate of drug-likeness (QED) is 0.304. The first-order valence-corrected chi connectivity index (χ1v) is 9.12. The Bertz CT molecular complexity index is 1400. The number of anilines is 2.